The molecule has 0 aliphatic carbocycles. The van der Waals surface area contributed by atoms with Gasteiger partial charge in [-0.05, 0) is 50.0 Å². The Hall–Kier alpha value is -2.73. The van der Waals surface area contributed by atoms with Crippen LogP contribution >= 0.6 is 0 Å². The van der Waals surface area contributed by atoms with E-state index in [2.05, 4.69) is 30.4 Å². The summed E-state index contributed by atoms with van der Waals surface area (Å²) in [7, 11) is 0. The molecule has 0 saturated carbocycles. The van der Waals surface area contributed by atoms with E-state index in [0.717, 1.165) is 49.1 Å². The molecule has 162 valence electrons. The molecule has 1 aromatic rings. The highest BCUT2D eigenvalue weighted by atomic mass is 19.1. The van der Waals surface area contributed by atoms with Crippen molar-refractivity contribution >= 4 is 0 Å². The van der Waals surface area contributed by atoms with Crippen LogP contribution in [0.3, 0.4) is 0 Å². The topological polar surface area (TPSA) is 27.3 Å². The number of nitrogens with zero attached hydrogens (tertiary/aromatic N) is 1. The first-order valence-corrected chi connectivity index (χ1v) is 10.1. The van der Waals surface area contributed by atoms with Gasteiger partial charge in [-0.15, -0.1) is 0 Å². The van der Waals surface area contributed by atoms with Gasteiger partial charge in [0.2, 0.25) is 0 Å². The standard InChI is InChI=1S/C24H30F3N3/c1-5-9-24-17(2)10-7-6-8-11-28-16-30(24)15-18(3)19(4)29-14-21-22(26)12-20(25)13-23(21)27/h5,9,12-13,15,28-29H,1-2,4,6-8,10-11,14,16H2,3H3/b18-15+,24-9-. The Morgan fingerprint density at radius 1 is 1.20 bits per heavy atom. The van der Waals surface area contributed by atoms with Crippen LogP contribution in [0.4, 0.5) is 13.2 Å². The van der Waals surface area contributed by atoms with Crippen molar-refractivity contribution in [2.45, 2.75) is 39.2 Å². The lowest BCUT2D eigenvalue weighted by atomic mass is 10.0. The Morgan fingerprint density at radius 2 is 1.90 bits per heavy atom. The molecular formula is C24H30F3N3. The lowest BCUT2D eigenvalue weighted by Gasteiger charge is -2.28. The highest BCUT2D eigenvalue weighted by Crippen LogP contribution is 2.23. The van der Waals surface area contributed by atoms with E-state index in [4.69, 9.17) is 0 Å². The molecule has 0 amide bonds. The van der Waals surface area contributed by atoms with Crippen LogP contribution < -0.4 is 10.6 Å². The molecule has 0 aromatic heterocycles. The van der Waals surface area contributed by atoms with E-state index >= 15 is 0 Å². The first-order valence-electron chi connectivity index (χ1n) is 10.1. The molecule has 1 heterocycles. The van der Waals surface area contributed by atoms with Crippen LogP contribution in [0.1, 0.15) is 38.2 Å². The molecule has 30 heavy (non-hydrogen) atoms. The second kappa shape index (κ2) is 11.5. The zero-order valence-corrected chi connectivity index (χ0v) is 17.5. The maximum Gasteiger partial charge on any atom is 0.134 e. The predicted octanol–water partition coefficient (Wildman–Crippen LogP) is 5.66. The van der Waals surface area contributed by atoms with E-state index in [-0.39, 0.29) is 12.1 Å². The number of nitrogens with one attached hydrogen (secondary N) is 2. The molecular weight excluding hydrogens is 387 g/mol. The quantitative estimate of drug-likeness (QED) is 0.585. The number of hydrogen-bond donors (Lipinski definition) is 2. The highest BCUT2D eigenvalue weighted by Gasteiger charge is 2.14. The smallest absolute Gasteiger partial charge is 0.134 e. The predicted molar refractivity (Wildman–Crippen MR) is 117 cm³/mol. The van der Waals surface area contributed by atoms with Gasteiger partial charge in [-0.25, -0.2) is 13.2 Å². The first kappa shape index (κ1) is 23.5. The zero-order chi connectivity index (χ0) is 22.1. The van der Waals surface area contributed by atoms with Crippen LogP contribution in [0.15, 0.2) is 72.8 Å². The van der Waals surface area contributed by atoms with E-state index in [1.54, 1.807) is 6.08 Å². The van der Waals surface area contributed by atoms with Crippen molar-refractivity contribution in [1.29, 1.82) is 0 Å². The highest BCUT2D eigenvalue weighted by molar-refractivity contribution is 5.34. The molecule has 2 N–H and O–H groups in total. The maximum atomic E-state index is 13.9. The lowest BCUT2D eigenvalue weighted by Crippen LogP contribution is -2.32. The Bertz CT molecular complexity index is 832. The summed E-state index contributed by atoms with van der Waals surface area (Å²) in [5.41, 5.74) is 3.06. The van der Waals surface area contributed by atoms with Gasteiger partial charge in [-0.2, -0.15) is 0 Å². The molecule has 0 atom stereocenters. The summed E-state index contributed by atoms with van der Waals surface area (Å²) in [4.78, 5) is 2.04. The zero-order valence-electron chi connectivity index (χ0n) is 17.5. The van der Waals surface area contributed by atoms with Crippen molar-refractivity contribution in [3.63, 3.8) is 0 Å². The minimum atomic E-state index is -0.943. The third-order valence-electron chi connectivity index (χ3n) is 4.97. The Labute approximate surface area is 177 Å². The number of halogens is 3. The molecule has 1 aromatic carbocycles. The van der Waals surface area contributed by atoms with Gasteiger partial charge in [-0.1, -0.05) is 32.2 Å². The van der Waals surface area contributed by atoms with Crippen molar-refractivity contribution in [2.75, 3.05) is 13.2 Å². The second-order valence-electron chi connectivity index (χ2n) is 7.32. The summed E-state index contributed by atoms with van der Waals surface area (Å²) in [6.07, 6.45) is 9.82. The summed E-state index contributed by atoms with van der Waals surface area (Å²) < 4.78 is 40.8. The molecule has 1 fully saturated rings. The molecule has 1 aliphatic rings. The summed E-state index contributed by atoms with van der Waals surface area (Å²) in [6.45, 7) is 15.2. The molecule has 0 bridgehead atoms. The van der Waals surface area contributed by atoms with Crippen molar-refractivity contribution in [3.8, 4) is 0 Å². The van der Waals surface area contributed by atoms with Crippen LogP contribution in [-0.4, -0.2) is 18.1 Å². The van der Waals surface area contributed by atoms with Crippen LogP contribution in [-0.2, 0) is 6.54 Å². The van der Waals surface area contributed by atoms with Crippen molar-refractivity contribution in [3.05, 3.63) is 95.8 Å². The van der Waals surface area contributed by atoms with Gasteiger partial charge in [0.05, 0.1) is 6.67 Å². The SMILES string of the molecule is C=C/C=C1/C(=C)CCCCCNCN1/C=C(\C)C(=C)NCc1c(F)cc(F)cc1F. The van der Waals surface area contributed by atoms with Gasteiger partial charge < -0.3 is 10.2 Å². The minimum absolute atomic E-state index is 0.137. The fourth-order valence-corrected chi connectivity index (χ4v) is 3.21. The first-order chi connectivity index (χ1) is 14.3. The van der Waals surface area contributed by atoms with Gasteiger partial charge in [-0.3, -0.25) is 5.32 Å². The van der Waals surface area contributed by atoms with E-state index in [9.17, 15) is 13.2 Å². The molecule has 2 rings (SSSR count). The van der Waals surface area contributed by atoms with Crippen molar-refractivity contribution < 1.29 is 13.2 Å². The average Bonchev–Trinajstić information content (AvgIpc) is 2.68. The van der Waals surface area contributed by atoms with Crippen LogP contribution in [0, 0.1) is 17.5 Å². The van der Waals surface area contributed by atoms with E-state index in [0.29, 0.717) is 24.5 Å². The van der Waals surface area contributed by atoms with Crippen molar-refractivity contribution in [2.24, 2.45) is 0 Å². The Balaban J connectivity index is 2.16. The third kappa shape index (κ3) is 6.66. The Morgan fingerprint density at radius 3 is 2.57 bits per heavy atom. The molecule has 0 unspecified atom stereocenters. The normalized spacial score (nSPS) is 17.7. The summed E-state index contributed by atoms with van der Waals surface area (Å²) >= 11 is 0. The molecule has 6 heteroatoms. The fraction of sp³-hybridized carbons (Fsp3) is 0.333. The third-order valence-corrected chi connectivity index (χ3v) is 4.97. The van der Waals surface area contributed by atoms with Gasteiger partial charge >= 0.3 is 0 Å². The molecule has 3 nitrogen and oxygen atoms in total. The number of rotatable bonds is 6. The number of hydrogen-bond acceptors (Lipinski definition) is 3. The fourth-order valence-electron chi connectivity index (χ4n) is 3.21. The monoisotopic (exact) mass is 417 g/mol. The van der Waals surface area contributed by atoms with Gasteiger partial charge in [0.1, 0.15) is 17.5 Å². The van der Waals surface area contributed by atoms with Gasteiger partial charge in [0.15, 0.2) is 0 Å². The lowest BCUT2D eigenvalue weighted by molar-refractivity contribution is 0.402. The maximum absolute atomic E-state index is 13.9. The van der Waals surface area contributed by atoms with E-state index in [1.807, 2.05) is 24.1 Å². The van der Waals surface area contributed by atoms with E-state index < -0.39 is 17.5 Å². The van der Waals surface area contributed by atoms with Gasteiger partial charge in [0.25, 0.3) is 0 Å². The molecule has 0 radical (unpaired) electrons. The number of allylic oxidation sites excluding steroid dienone is 4. The van der Waals surface area contributed by atoms with E-state index in [1.165, 1.54) is 0 Å². The molecule has 0 spiro atoms. The minimum Gasteiger partial charge on any atom is -0.381 e. The molecule has 1 aliphatic heterocycles. The van der Waals surface area contributed by atoms with Crippen molar-refractivity contribution in [1.82, 2.24) is 15.5 Å². The summed E-state index contributed by atoms with van der Waals surface area (Å²) in [5, 5.41) is 6.34. The van der Waals surface area contributed by atoms with Gasteiger partial charge in [0, 0.05) is 41.8 Å². The summed E-state index contributed by atoms with van der Waals surface area (Å²) in [6, 6.07) is 1.34. The second-order valence-corrected chi connectivity index (χ2v) is 7.32. The average molecular weight is 418 g/mol. The number of benzene rings is 1. The molecule has 1 saturated heterocycles. The van der Waals surface area contributed by atoms with Crippen LogP contribution in [0.2, 0.25) is 0 Å². The summed E-state index contributed by atoms with van der Waals surface area (Å²) in [5.74, 6) is -2.80. The van der Waals surface area contributed by atoms with Crippen LogP contribution in [0.5, 0.6) is 0 Å². The Kier molecular flexibility index (Phi) is 8.99. The van der Waals surface area contributed by atoms with Crippen LogP contribution in [0.25, 0.3) is 0 Å². The largest absolute Gasteiger partial charge is 0.381 e.